The first-order valence-electron chi connectivity index (χ1n) is 7.92. The molecule has 112 valence electrons. The van der Waals surface area contributed by atoms with Gasteiger partial charge in [-0.25, -0.2) is 0 Å². The van der Waals surface area contributed by atoms with Crippen LogP contribution in [0, 0.1) is 40.9 Å². The van der Waals surface area contributed by atoms with Crippen LogP contribution < -0.4 is 0 Å². The van der Waals surface area contributed by atoms with Crippen molar-refractivity contribution in [3.05, 3.63) is 0 Å². The molecule has 5 nitrogen and oxygen atoms in total. The molecule has 0 aromatic carbocycles. The van der Waals surface area contributed by atoms with Gasteiger partial charge in [0.05, 0.1) is 36.2 Å². The van der Waals surface area contributed by atoms with Crippen molar-refractivity contribution in [2.24, 2.45) is 40.9 Å². The number of hydrogen-bond acceptors (Lipinski definition) is 5. The minimum Gasteiger partial charge on any atom is -0.346 e. The van der Waals surface area contributed by atoms with Gasteiger partial charge in [0.1, 0.15) is 6.29 Å². The highest BCUT2D eigenvalue weighted by Crippen LogP contribution is 3.00. The number of alkyl halides is 1. The molecule has 0 amide bonds. The van der Waals surface area contributed by atoms with Crippen LogP contribution in [0.4, 0.5) is 0 Å². The van der Waals surface area contributed by atoms with E-state index in [9.17, 15) is 4.79 Å². The van der Waals surface area contributed by atoms with Gasteiger partial charge in [0.25, 0.3) is 0 Å². The average Bonchev–Trinajstić information content (AvgIpc) is 3.24. The Morgan fingerprint density at radius 2 is 1.24 bits per heavy atom. The Balaban J connectivity index is 1.54. The van der Waals surface area contributed by atoms with Crippen LogP contribution in [0.5, 0.6) is 0 Å². The van der Waals surface area contributed by atoms with E-state index in [4.69, 9.17) is 18.9 Å². The Bertz CT molecular complexity index is 611. The summed E-state index contributed by atoms with van der Waals surface area (Å²) < 4.78 is 24.5. The summed E-state index contributed by atoms with van der Waals surface area (Å²) in [7, 11) is 0. The van der Waals surface area contributed by atoms with Gasteiger partial charge >= 0.3 is 0 Å². The second kappa shape index (κ2) is 2.77. The van der Waals surface area contributed by atoms with Gasteiger partial charge in [-0.3, -0.25) is 0 Å². The van der Waals surface area contributed by atoms with E-state index in [0.29, 0.717) is 50.1 Å². The highest BCUT2D eigenvalue weighted by Gasteiger charge is 3.08. The maximum Gasteiger partial charge on any atom is 0.188 e. The summed E-state index contributed by atoms with van der Waals surface area (Å²) in [5.41, 5.74) is -0.440. The number of carbonyl (C=O) groups excluding carboxylic acids is 1. The summed E-state index contributed by atoms with van der Waals surface area (Å²) >= 11 is 4.03. The molecular formula is C15H15BrO5. The Kier molecular flexibility index (Phi) is 1.52. The molecule has 2 spiro atoms. The molecule has 8 rings (SSSR count). The third kappa shape index (κ3) is 0.660. The Hall–Kier alpha value is -0.0100. The van der Waals surface area contributed by atoms with Crippen LogP contribution in [0.1, 0.15) is 0 Å². The molecule has 2 saturated heterocycles. The molecule has 2 aliphatic heterocycles. The molecule has 6 saturated carbocycles. The van der Waals surface area contributed by atoms with Gasteiger partial charge in [-0.05, 0) is 23.7 Å². The lowest BCUT2D eigenvalue weighted by molar-refractivity contribution is -0.278. The fourth-order valence-electron chi connectivity index (χ4n) is 8.15. The number of aldehydes is 1. The molecule has 21 heavy (non-hydrogen) atoms. The number of hydrogen-bond donors (Lipinski definition) is 0. The van der Waals surface area contributed by atoms with Gasteiger partial charge in [0.2, 0.25) is 0 Å². The van der Waals surface area contributed by atoms with Gasteiger partial charge < -0.3 is 23.7 Å². The van der Waals surface area contributed by atoms with E-state index < -0.39 is 17.0 Å². The van der Waals surface area contributed by atoms with Crippen molar-refractivity contribution in [2.45, 2.75) is 15.9 Å². The quantitative estimate of drug-likeness (QED) is 0.508. The molecule has 0 aromatic heterocycles. The van der Waals surface area contributed by atoms with Crippen molar-refractivity contribution in [2.75, 3.05) is 26.4 Å². The maximum absolute atomic E-state index is 12.2. The Morgan fingerprint density at radius 1 is 0.762 bits per heavy atom. The fraction of sp³-hybridized carbons (Fsp3) is 0.933. The topological polar surface area (TPSA) is 54.0 Å². The third-order valence-electron chi connectivity index (χ3n) is 8.04. The van der Waals surface area contributed by atoms with Gasteiger partial charge in [0, 0.05) is 11.8 Å². The SMILES string of the molecule is O=C[C@]12[C@H]3[C@H]4[C@H]([C@@H]5[C@@H]1[C@@H]3[C@@]4(Br)C51OCCO1)C21OCCO1. The van der Waals surface area contributed by atoms with E-state index in [0.717, 1.165) is 6.29 Å². The molecule has 8 aliphatic rings. The fourth-order valence-corrected chi connectivity index (χ4v) is 9.78. The monoisotopic (exact) mass is 354 g/mol. The molecule has 0 aromatic rings. The van der Waals surface area contributed by atoms with Crippen LogP contribution in [0.3, 0.4) is 0 Å². The summed E-state index contributed by atoms with van der Waals surface area (Å²) in [5.74, 6) is 0.807. The molecule has 2 heterocycles. The van der Waals surface area contributed by atoms with Gasteiger partial charge in [-0.1, -0.05) is 15.9 Å². The molecule has 0 N–H and O–H groups in total. The molecular weight excluding hydrogens is 340 g/mol. The molecule has 6 heteroatoms. The van der Waals surface area contributed by atoms with Gasteiger partial charge in [-0.15, -0.1) is 0 Å². The lowest BCUT2D eigenvalue weighted by Gasteiger charge is -2.70. The van der Waals surface area contributed by atoms with Crippen molar-refractivity contribution in [1.29, 1.82) is 0 Å². The first-order chi connectivity index (χ1) is 10.2. The van der Waals surface area contributed by atoms with Crippen LogP contribution in [0.25, 0.3) is 0 Å². The van der Waals surface area contributed by atoms with E-state index in [1.54, 1.807) is 0 Å². The van der Waals surface area contributed by atoms with Crippen LogP contribution in [-0.4, -0.2) is 48.6 Å². The number of rotatable bonds is 1. The lowest BCUT2D eigenvalue weighted by Crippen LogP contribution is -2.76. The zero-order chi connectivity index (χ0) is 13.8. The summed E-state index contributed by atoms with van der Waals surface area (Å²) in [6, 6.07) is 0. The van der Waals surface area contributed by atoms with Crippen molar-refractivity contribution in [3.63, 3.8) is 0 Å². The molecule has 0 radical (unpaired) electrons. The lowest BCUT2D eigenvalue weighted by atomic mass is 9.35. The molecule has 8 atom stereocenters. The Morgan fingerprint density at radius 3 is 1.86 bits per heavy atom. The number of ether oxygens (including phenoxy) is 4. The van der Waals surface area contributed by atoms with Crippen molar-refractivity contribution < 1.29 is 23.7 Å². The van der Waals surface area contributed by atoms with Gasteiger partial charge in [-0.2, -0.15) is 0 Å². The largest absolute Gasteiger partial charge is 0.346 e. The van der Waals surface area contributed by atoms with E-state index >= 15 is 0 Å². The molecule has 4 bridgehead atoms. The summed E-state index contributed by atoms with van der Waals surface area (Å²) in [4.78, 5) is 12.2. The van der Waals surface area contributed by atoms with Crippen molar-refractivity contribution >= 4 is 22.2 Å². The molecule has 8 fully saturated rings. The van der Waals surface area contributed by atoms with Crippen molar-refractivity contribution in [3.8, 4) is 0 Å². The second-order valence-corrected chi connectivity index (χ2v) is 9.01. The predicted molar refractivity (Wildman–Crippen MR) is 70.4 cm³/mol. The highest BCUT2D eigenvalue weighted by molar-refractivity contribution is 9.10. The van der Waals surface area contributed by atoms with Crippen molar-refractivity contribution in [1.82, 2.24) is 0 Å². The number of carbonyl (C=O) groups is 1. The van der Waals surface area contributed by atoms with E-state index in [1.165, 1.54) is 0 Å². The maximum atomic E-state index is 12.2. The zero-order valence-corrected chi connectivity index (χ0v) is 12.9. The normalized spacial score (nSPS) is 68.0. The average molecular weight is 355 g/mol. The minimum absolute atomic E-state index is 0.119. The smallest absolute Gasteiger partial charge is 0.188 e. The van der Waals surface area contributed by atoms with Crippen LogP contribution in [-0.2, 0) is 23.7 Å². The summed E-state index contributed by atoms with van der Waals surface area (Å²) in [6.45, 7) is 2.49. The van der Waals surface area contributed by atoms with Gasteiger partial charge in [0.15, 0.2) is 11.6 Å². The first-order valence-corrected chi connectivity index (χ1v) is 8.71. The first kappa shape index (κ1) is 11.5. The summed E-state index contributed by atoms with van der Waals surface area (Å²) in [5, 5.41) is 0. The van der Waals surface area contributed by atoms with E-state index in [2.05, 4.69) is 15.9 Å². The number of halogens is 1. The Labute approximate surface area is 129 Å². The third-order valence-corrected chi connectivity index (χ3v) is 9.65. The van der Waals surface area contributed by atoms with E-state index in [1.807, 2.05) is 0 Å². The van der Waals surface area contributed by atoms with Crippen LogP contribution in [0.2, 0.25) is 0 Å². The standard InChI is InChI=1S/C15H15BrO5/c16-13-8-6-9(13)11-10(15(13)20-3-4-21-15)7(8)12(6,5-17)14(11)18-1-2-19-14/h5-11H,1-4H2/t6-,7+,8-,9+,10+,11-,12+,13+/m1/s1. The second-order valence-electron chi connectivity index (χ2n) is 7.70. The van der Waals surface area contributed by atoms with Crippen LogP contribution >= 0.6 is 15.9 Å². The minimum atomic E-state index is -0.690. The predicted octanol–water partition coefficient (Wildman–Crippen LogP) is 0.557. The highest BCUT2D eigenvalue weighted by atomic mass is 79.9. The molecule has 6 aliphatic carbocycles. The molecule has 0 unspecified atom stereocenters. The van der Waals surface area contributed by atoms with Crippen LogP contribution in [0.15, 0.2) is 0 Å². The van der Waals surface area contributed by atoms with E-state index in [-0.39, 0.29) is 16.2 Å². The summed E-state index contributed by atoms with van der Waals surface area (Å²) in [6.07, 6.45) is 1.16. The zero-order valence-electron chi connectivity index (χ0n) is 11.3.